The number of rotatable bonds is 9. The van der Waals surface area contributed by atoms with Crippen LogP contribution in [0.5, 0.6) is 0 Å². The monoisotopic (exact) mass is 337 g/mol. The molecule has 1 aliphatic heterocycles. The van der Waals surface area contributed by atoms with Crippen LogP contribution >= 0.6 is 0 Å². The summed E-state index contributed by atoms with van der Waals surface area (Å²) < 4.78 is 0. The summed E-state index contributed by atoms with van der Waals surface area (Å²) in [4.78, 5) is 25.5. The number of nitrogens with zero attached hydrogens (tertiary/aromatic N) is 2. The molecule has 1 heterocycles. The molecule has 0 saturated carbocycles. The Balaban J connectivity index is 2.46. The lowest BCUT2D eigenvalue weighted by atomic mass is 10.0. The summed E-state index contributed by atoms with van der Waals surface area (Å²) in [6, 6.07) is 0.817. The highest BCUT2D eigenvalue weighted by Gasteiger charge is 2.22. The lowest BCUT2D eigenvalue weighted by molar-refractivity contribution is -0.141. The molecule has 1 rings (SSSR count). The van der Waals surface area contributed by atoms with Crippen LogP contribution in [-0.4, -0.2) is 67.2 Å². The minimum Gasteiger partial charge on any atom is -0.480 e. The molecule has 8 heteroatoms. The van der Waals surface area contributed by atoms with E-state index in [0.29, 0.717) is 13.0 Å². The van der Waals surface area contributed by atoms with Crippen molar-refractivity contribution in [3.05, 3.63) is 11.8 Å². The maximum Gasteiger partial charge on any atom is 0.326 e. The third kappa shape index (κ3) is 7.44. The molecule has 134 valence electrons. The molecular weight excluding hydrogens is 310 g/mol. The third-order valence-electron chi connectivity index (χ3n) is 3.70. The van der Waals surface area contributed by atoms with E-state index in [1.807, 2.05) is 19.9 Å². The van der Waals surface area contributed by atoms with Gasteiger partial charge in [-0.15, -0.1) is 0 Å². The Labute approximate surface area is 142 Å². The Morgan fingerprint density at radius 1 is 1.38 bits per heavy atom. The average Bonchev–Trinajstić information content (AvgIpc) is 2.54. The van der Waals surface area contributed by atoms with Crippen LogP contribution < -0.4 is 16.0 Å². The van der Waals surface area contributed by atoms with Crippen molar-refractivity contribution in [3.8, 4) is 6.07 Å². The first-order valence-electron chi connectivity index (χ1n) is 8.24. The van der Waals surface area contributed by atoms with Crippen LogP contribution in [0.1, 0.15) is 20.3 Å². The van der Waals surface area contributed by atoms with E-state index < -0.39 is 17.9 Å². The number of carboxylic acids is 1. The predicted octanol–water partition coefficient (Wildman–Crippen LogP) is -0.496. The lowest BCUT2D eigenvalue weighted by Crippen LogP contribution is -2.45. The molecule has 4 N–H and O–H groups in total. The van der Waals surface area contributed by atoms with Gasteiger partial charge in [0.15, 0.2) is 0 Å². The highest BCUT2D eigenvalue weighted by atomic mass is 16.4. The van der Waals surface area contributed by atoms with Crippen molar-refractivity contribution in [1.82, 2.24) is 20.9 Å². The van der Waals surface area contributed by atoms with E-state index in [-0.39, 0.29) is 11.5 Å². The predicted molar refractivity (Wildman–Crippen MR) is 90.0 cm³/mol. The molecule has 0 aliphatic carbocycles. The van der Waals surface area contributed by atoms with Crippen molar-refractivity contribution in [3.63, 3.8) is 0 Å². The van der Waals surface area contributed by atoms with Crippen molar-refractivity contribution in [2.75, 3.05) is 39.3 Å². The van der Waals surface area contributed by atoms with Crippen LogP contribution in [0.4, 0.5) is 0 Å². The third-order valence-corrected chi connectivity index (χ3v) is 3.70. The molecule has 0 aromatic rings. The minimum absolute atomic E-state index is 0.120. The second-order valence-electron chi connectivity index (χ2n) is 6.21. The molecule has 1 fully saturated rings. The quantitative estimate of drug-likeness (QED) is 0.255. The number of carboxylic acid groups (broad SMARTS) is 1. The second kappa shape index (κ2) is 10.6. The van der Waals surface area contributed by atoms with Crippen molar-refractivity contribution in [1.29, 1.82) is 5.26 Å². The highest BCUT2D eigenvalue weighted by Crippen LogP contribution is 2.06. The molecular formula is C16H27N5O3. The summed E-state index contributed by atoms with van der Waals surface area (Å²) in [5, 5.41) is 26.9. The van der Waals surface area contributed by atoms with Gasteiger partial charge in [-0.25, -0.2) is 4.79 Å². The largest absolute Gasteiger partial charge is 0.480 e. The zero-order valence-electron chi connectivity index (χ0n) is 14.3. The molecule has 1 saturated heterocycles. The van der Waals surface area contributed by atoms with Gasteiger partial charge < -0.3 is 21.1 Å². The van der Waals surface area contributed by atoms with Gasteiger partial charge in [0.05, 0.1) is 0 Å². The minimum atomic E-state index is -1.10. The number of nitriles is 1. The fourth-order valence-electron chi connectivity index (χ4n) is 2.41. The standard InChI is InChI=1S/C16H27N5O3/c1-12(2)9-14(16(23)24)20-15(22)13(10-17)11-19-5-8-21-6-3-18-4-7-21/h11-12,14,18-19H,3-9H2,1-2H3,(H,20,22)(H,23,24)/b13-11-. The molecule has 8 nitrogen and oxygen atoms in total. The molecule has 0 radical (unpaired) electrons. The van der Waals surface area contributed by atoms with Crippen LogP contribution in [0.3, 0.4) is 0 Å². The molecule has 0 bridgehead atoms. The fraction of sp³-hybridized carbons (Fsp3) is 0.688. The Morgan fingerprint density at radius 3 is 2.58 bits per heavy atom. The number of nitrogens with one attached hydrogen (secondary N) is 3. The van der Waals surface area contributed by atoms with Gasteiger partial charge in [0.25, 0.3) is 5.91 Å². The maximum atomic E-state index is 12.0. The first kappa shape index (κ1) is 19.9. The first-order valence-corrected chi connectivity index (χ1v) is 8.24. The van der Waals surface area contributed by atoms with E-state index in [0.717, 1.165) is 32.7 Å². The van der Waals surface area contributed by atoms with Crippen LogP contribution in [0.15, 0.2) is 11.8 Å². The van der Waals surface area contributed by atoms with Crippen LogP contribution in [0.25, 0.3) is 0 Å². The normalized spacial score (nSPS) is 17.2. The second-order valence-corrected chi connectivity index (χ2v) is 6.21. The molecule has 0 aromatic carbocycles. The molecule has 0 spiro atoms. The zero-order valence-corrected chi connectivity index (χ0v) is 14.3. The van der Waals surface area contributed by atoms with Gasteiger partial charge in [-0.1, -0.05) is 13.8 Å². The molecule has 1 aliphatic rings. The van der Waals surface area contributed by atoms with Crippen LogP contribution in [0, 0.1) is 17.2 Å². The zero-order chi connectivity index (χ0) is 17.9. The SMILES string of the molecule is CC(C)CC(NC(=O)/C(C#N)=C\NCCN1CCNCC1)C(=O)O. The molecule has 1 unspecified atom stereocenters. The number of amides is 1. The van der Waals surface area contributed by atoms with E-state index in [1.165, 1.54) is 6.20 Å². The number of piperazine rings is 1. The van der Waals surface area contributed by atoms with Crippen molar-refractivity contribution in [2.24, 2.45) is 5.92 Å². The van der Waals surface area contributed by atoms with Gasteiger partial charge in [0.1, 0.15) is 17.7 Å². The number of hydrogen-bond donors (Lipinski definition) is 4. The van der Waals surface area contributed by atoms with Crippen molar-refractivity contribution < 1.29 is 14.7 Å². The summed E-state index contributed by atoms with van der Waals surface area (Å²) >= 11 is 0. The van der Waals surface area contributed by atoms with E-state index in [2.05, 4.69) is 20.9 Å². The van der Waals surface area contributed by atoms with Crippen LogP contribution in [-0.2, 0) is 9.59 Å². The van der Waals surface area contributed by atoms with Crippen molar-refractivity contribution >= 4 is 11.9 Å². The van der Waals surface area contributed by atoms with Gasteiger partial charge in [0, 0.05) is 45.5 Å². The Bertz CT molecular complexity index is 492. The summed E-state index contributed by atoms with van der Waals surface area (Å²) in [6.07, 6.45) is 1.67. The number of carbonyl (C=O) groups is 2. The molecule has 24 heavy (non-hydrogen) atoms. The van der Waals surface area contributed by atoms with Gasteiger partial charge in [-0.2, -0.15) is 5.26 Å². The molecule has 1 atom stereocenters. The number of hydrogen-bond acceptors (Lipinski definition) is 6. The smallest absolute Gasteiger partial charge is 0.326 e. The van der Waals surface area contributed by atoms with Crippen molar-refractivity contribution in [2.45, 2.75) is 26.3 Å². The van der Waals surface area contributed by atoms with E-state index in [9.17, 15) is 9.59 Å². The van der Waals surface area contributed by atoms with Gasteiger partial charge in [-0.05, 0) is 12.3 Å². The van der Waals surface area contributed by atoms with Gasteiger partial charge >= 0.3 is 5.97 Å². The average molecular weight is 337 g/mol. The molecule has 0 aromatic heterocycles. The van der Waals surface area contributed by atoms with Gasteiger partial charge in [-0.3, -0.25) is 9.69 Å². The Morgan fingerprint density at radius 2 is 2.04 bits per heavy atom. The number of aliphatic carboxylic acids is 1. The summed E-state index contributed by atoms with van der Waals surface area (Å²) in [6.45, 7) is 9.08. The summed E-state index contributed by atoms with van der Waals surface area (Å²) in [5.74, 6) is -1.64. The molecule has 1 amide bonds. The van der Waals surface area contributed by atoms with E-state index in [1.54, 1.807) is 0 Å². The topological polar surface area (TPSA) is 117 Å². The Hall–Kier alpha value is -2.11. The van der Waals surface area contributed by atoms with Crippen LogP contribution in [0.2, 0.25) is 0 Å². The highest BCUT2D eigenvalue weighted by molar-refractivity contribution is 5.99. The fourth-order valence-corrected chi connectivity index (χ4v) is 2.41. The van der Waals surface area contributed by atoms with E-state index in [4.69, 9.17) is 10.4 Å². The maximum absolute atomic E-state index is 12.0. The summed E-state index contributed by atoms with van der Waals surface area (Å²) in [7, 11) is 0. The van der Waals surface area contributed by atoms with E-state index >= 15 is 0 Å². The lowest BCUT2D eigenvalue weighted by Gasteiger charge is -2.26. The number of carbonyl (C=O) groups excluding carboxylic acids is 1. The van der Waals surface area contributed by atoms with Gasteiger partial charge in [0.2, 0.25) is 0 Å². The Kier molecular flexibility index (Phi) is 8.83. The summed E-state index contributed by atoms with van der Waals surface area (Å²) in [5.41, 5.74) is -0.120. The first-order chi connectivity index (χ1) is 11.4.